The van der Waals surface area contributed by atoms with Crippen molar-refractivity contribution in [1.82, 2.24) is 21.1 Å². The molecule has 2 atom stereocenters. The average Bonchev–Trinajstić information content (AvgIpc) is 2.82. The van der Waals surface area contributed by atoms with Gasteiger partial charge in [0.2, 0.25) is 11.8 Å². The quantitative estimate of drug-likeness (QED) is 0.216. The van der Waals surface area contributed by atoms with Crippen LogP contribution < -0.4 is 16.2 Å². The fourth-order valence-electron chi connectivity index (χ4n) is 4.56. The summed E-state index contributed by atoms with van der Waals surface area (Å²) < 4.78 is 5.01. The van der Waals surface area contributed by atoms with E-state index in [1.165, 1.54) is 6.21 Å². The highest BCUT2D eigenvalue weighted by Gasteiger charge is 2.42. The minimum atomic E-state index is -0.495. The SMILES string of the molecule is CCOC(=O)CNC(C(=O)N1CCC1C(=O)NCc1ccc(/C=N/NO)cc1)C1CCCCC1. The van der Waals surface area contributed by atoms with Gasteiger partial charge in [-0.1, -0.05) is 43.5 Å². The molecule has 1 aliphatic heterocycles. The van der Waals surface area contributed by atoms with E-state index in [0.717, 1.165) is 43.2 Å². The molecule has 0 spiro atoms. The van der Waals surface area contributed by atoms with E-state index in [0.29, 0.717) is 26.1 Å². The maximum atomic E-state index is 13.4. The first-order valence-electron chi connectivity index (χ1n) is 12.0. The highest BCUT2D eigenvalue weighted by molar-refractivity contribution is 5.91. The maximum Gasteiger partial charge on any atom is 0.319 e. The Morgan fingerprint density at radius 2 is 1.91 bits per heavy atom. The van der Waals surface area contributed by atoms with Gasteiger partial charge in [0.05, 0.1) is 25.4 Å². The second-order valence-corrected chi connectivity index (χ2v) is 8.72. The molecule has 1 aromatic carbocycles. The molecular formula is C24H35N5O5. The number of likely N-dealkylation sites (tertiary alicyclic amines) is 1. The van der Waals surface area contributed by atoms with E-state index in [9.17, 15) is 14.4 Å². The van der Waals surface area contributed by atoms with Crippen LogP contribution >= 0.6 is 0 Å². The number of hydrogen-bond acceptors (Lipinski definition) is 8. The Labute approximate surface area is 200 Å². The molecule has 10 nitrogen and oxygen atoms in total. The van der Waals surface area contributed by atoms with E-state index >= 15 is 0 Å². The molecule has 2 fully saturated rings. The fraction of sp³-hybridized carbons (Fsp3) is 0.583. The van der Waals surface area contributed by atoms with Crippen molar-refractivity contribution in [3.8, 4) is 0 Å². The molecule has 1 aromatic rings. The summed E-state index contributed by atoms with van der Waals surface area (Å²) in [5, 5.41) is 18.1. The van der Waals surface area contributed by atoms with Crippen LogP contribution in [0.5, 0.6) is 0 Å². The third-order valence-corrected chi connectivity index (χ3v) is 6.48. The number of nitrogens with one attached hydrogen (secondary N) is 3. The van der Waals surface area contributed by atoms with Crippen molar-refractivity contribution in [3.05, 3.63) is 35.4 Å². The molecule has 0 bridgehead atoms. The Bertz CT molecular complexity index is 854. The van der Waals surface area contributed by atoms with Crippen LogP contribution in [0.25, 0.3) is 0 Å². The van der Waals surface area contributed by atoms with Gasteiger partial charge in [0.25, 0.3) is 0 Å². The summed E-state index contributed by atoms with van der Waals surface area (Å²) in [6, 6.07) is 6.40. The highest BCUT2D eigenvalue weighted by atomic mass is 16.5. The third-order valence-electron chi connectivity index (χ3n) is 6.48. The molecule has 0 radical (unpaired) electrons. The van der Waals surface area contributed by atoms with Crippen molar-refractivity contribution in [2.24, 2.45) is 11.0 Å². The van der Waals surface area contributed by atoms with Crippen LogP contribution in [0, 0.1) is 5.92 Å². The molecule has 1 saturated carbocycles. The van der Waals surface area contributed by atoms with Gasteiger partial charge in [0, 0.05) is 13.1 Å². The van der Waals surface area contributed by atoms with Gasteiger partial charge >= 0.3 is 5.97 Å². The van der Waals surface area contributed by atoms with Gasteiger partial charge in [0.15, 0.2) is 0 Å². The van der Waals surface area contributed by atoms with Crippen LogP contribution in [0.4, 0.5) is 0 Å². The molecule has 2 amide bonds. The third kappa shape index (κ3) is 7.01. The Hall–Kier alpha value is -2.98. The summed E-state index contributed by atoms with van der Waals surface area (Å²) in [7, 11) is 0. The van der Waals surface area contributed by atoms with E-state index in [1.54, 1.807) is 17.4 Å². The van der Waals surface area contributed by atoms with Crippen molar-refractivity contribution in [1.29, 1.82) is 0 Å². The van der Waals surface area contributed by atoms with E-state index in [-0.39, 0.29) is 30.2 Å². The van der Waals surface area contributed by atoms with Crippen LogP contribution in [0.2, 0.25) is 0 Å². The van der Waals surface area contributed by atoms with Crippen molar-refractivity contribution < 1.29 is 24.3 Å². The van der Waals surface area contributed by atoms with Gasteiger partial charge in [-0.15, -0.1) is 0 Å². The summed E-state index contributed by atoms with van der Waals surface area (Å²) in [5.41, 5.74) is 3.43. The zero-order valence-corrected chi connectivity index (χ0v) is 19.7. The summed E-state index contributed by atoms with van der Waals surface area (Å²) >= 11 is 0. The van der Waals surface area contributed by atoms with E-state index in [1.807, 2.05) is 24.3 Å². The first-order chi connectivity index (χ1) is 16.5. The summed E-state index contributed by atoms with van der Waals surface area (Å²) in [6.07, 6.45) is 7.27. The zero-order valence-electron chi connectivity index (χ0n) is 19.7. The Balaban J connectivity index is 1.56. The number of carbonyl (C=O) groups excluding carboxylic acids is 3. The molecule has 34 heavy (non-hydrogen) atoms. The van der Waals surface area contributed by atoms with Crippen LogP contribution in [0.15, 0.2) is 29.4 Å². The second kappa shape index (κ2) is 13.0. The van der Waals surface area contributed by atoms with Crippen molar-refractivity contribution in [2.45, 2.75) is 64.1 Å². The predicted octanol–water partition coefficient (Wildman–Crippen LogP) is 1.32. The highest BCUT2D eigenvalue weighted by Crippen LogP contribution is 2.29. The number of amides is 2. The van der Waals surface area contributed by atoms with Gasteiger partial charge in [-0.2, -0.15) is 10.7 Å². The van der Waals surface area contributed by atoms with Crippen molar-refractivity contribution in [2.75, 3.05) is 19.7 Å². The fourth-order valence-corrected chi connectivity index (χ4v) is 4.56. The molecule has 10 heteroatoms. The van der Waals surface area contributed by atoms with Crippen LogP contribution in [0.3, 0.4) is 0 Å². The Kier molecular flexibility index (Phi) is 9.84. The molecular weight excluding hydrogens is 438 g/mol. The molecule has 3 rings (SSSR count). The number of carbonyl (C=O) groups is 3. The second-order valence-electron chi connectivity index (χ2n) is 8.72. The Morgan fingerprint density at radius 1 is 1.18 bits per heavy atom. The Morgan fingerprint density at radius 3 is 2.53 bits per heavy atom. The molecule has 4 N–H and O–H groups in total. The number of benzene rings is 1. The molecule has 186 valence electrons. The van der Waals surface area contributed by atoms with Gasteiger partial charge < -0.3 is 15.0 Å². The van der Waals surface area contributed by atoms with Crippen LogP contribution in [-0.4, -0.2) is 65.9 Å². The van der Waals surface area contributed by atoms with Crippen LogP contribution in [-0.2, 0) is 25.7 Å². The molecule has 2 unspecified atom stereocenters. The standard InChI is InChI=1S/C24H35N5O5/c1-2-34-21(30)16-25-22(19-6-4-3-5-7-19)24(32)29-13-12-20(29)23(31)26-14-17-8-10-18(11-9-17)15-27-28-33/h8-11,15,19-20,22,25,28,33H,2-7,12-14,16H2,1H3,(H,26,31)/b27-15+. The van der Waals surface area contributed by atoms with Crippen molar-refractivity contribution in [3.63, 3.8) is 0 Å². The molecule has 1 aliphatic carbocycles. The van der Waals surface area contributed by atoms with Gasteiger partial charge in [-0.05, 0) is 43.2 Å². The topological polar surface area (TPSA) is 132 Å². The number of ether oxygens (including phenoxy) is 1. The minimum Gasteiger partial charge on any atom is -0.465 e. The molecule has 1 heterocycles. The molecule has 1 saturated heterocycles. The smallest absolute Gasteiger partial charge is 0.319 e. The minimum absolute atomic E-state index is 0.0134. The average molecular weight is 474 g/mol. The largest absolute Gasteiger partial charge is 0.465 e. The van der Waals surface area contributed by atoms with Crippen LogP contribution in [0.1, 0.15) is 56.6 Å². The summed E-state index contributed by atoms with van der Waals surface area (Å²) in [5.74, 6) is -0.506. The monoisotopic (exact) mass is 473 g/mol. The first kappa shape index (κ1) is 25.6. The lowest BCUT2D eigenvalue weighted by Gasteiger charge is -2.43. The summed E-state index contributed by atoms with van der Waals surface area (Å²) in [6.45, 7) is 2.92. The number of hydrazone groups is 1. The van der Waals surface area contributed by atoms with Gasteiger partial charge in [-0.3, -0.25) is 24.9 Å². The lowest BCUT2D eigenvalue weighted by molar-refractivity contribution is -0.151. The number of rotatable bonds is 11. The number of nitrogens with zero attached hydrogens (tertiary/aromatic N) is 2. The molecule has 0 aromatic heterocycles. The van der Waals surface area contributed by atoms with Crippen molar-refractivity contribution >= 4 is 24.0 Å². The van der Waals surface area contributed by atoms with E-state index in [2.05, 4.69) is 15.7 Å². The lowest BCUT2D eigenvalue weighted by atomic mass is 9.82. The first-order valence-corrected chi connectivity index (χ1v) is 12.0. The van der Waals surface area contributed by atoms with Gasteiger partial charge in [0.1, 0.15) is 6.04 Å². The predicted molar refractivity (Wildman–Crippen MR) is 126 cm³/mol. The maximum absolute atomic E-state index is 13.4. The van der Waals surface area contributed by atoms with E-state index in [4.69, 9.17) is 9.94 Å². The molecule has 2 aliphatic rings. The lowest BCUT2D eigenvalue weighted by Crippen LogP contribution is -2.63. The zero-order chi connectivity index (χ0) is 24.3. The number of esters is 1. The van der Waals surface area contributed by atoms with Gasteiger partial charge in [-0.25, -0.2) is 0 Å². The summed E-state index contributed by atoms with van der Waals surface area (Å²) in [4.78, 5) is 39.7. The normalized spacial score (nSPS) is 19.4. The number of hydrogen-bond donors (Lipinski definition) is 4. The van der Waals surface area contributed by atoms with E-state index < -0.39 is 12.1 Å².